The van der Waals surface area contributed by atoms with E-state index in [9.17, 15) is 14.4 Å². The summed E-state index contributed by atoms with van der Waals surface area (Å²) in [7, 11) is 3.39. The number of piperidine rings is 1. The Labute approximate surface area is 138 Å². The third kappa shape index (κ3) is 4.44. The molecule has 1 saturated heterocycles. The van der Waals surface area contributed by atoms with Gasteiger partial charge in [0, 0.05) is 32.1 Å². The Bertz CT molecular complexity index is 599. The average Bonchev–Trinajstić information content (AvgIpc) is 3.01. The first kappa shape index (κ1) is 17.3. The number of nitrogens with one attached hydrogen (secondary N) is 1. The van der Waals surface area contributed by atoms with Crippen molar-refractivity contribution in [2.45, 2.75) is 19.4 Å². The summed E-state index contributed by atoms with van der Waals surface area (Å²) >= 11 is 1.15. The number of rotatable bonds is 4. The van der Waals surface area contributed by atoms with E-state index in [0.29, 0.717) is 19.6 Å². The van der Waals surface area contributed by atoms with Crippen LogP contribution in [-0.2, 0) is 11.3 Å². The van der Waals surface area contributed by atoms with Crippen molar-refractivity contribution in [2.24, 2.45) is 5.92 Å². The van der Waals surface area contributed by atoms with Crippen LogP contribution >= 0.6 is 11.3 Å². The van der Waals surface area contributed by atoms with Gasteiger partial charge in [0.2, 0.25) is 5.91 Å². The number of aromatic carboxylic acids is 1. The maximum atomic E-state index is 12.3. The summed E-state index contributed by atoms with van der Waals surface area (Å²) < 4.78 is 0. The Morgan fingerprint density at radius 1 is 1.39 bits per heavy atom. The topological polar surface area (TPSA) is 90.0 Å². The minimum absolute atomic E-state index is 0.0770. The summed E-state index contributed by atoms with van der Waals surface area (Å²) in [6.45, 7) is 1.41. The van der Waals surface area contributed by atoms with Crippen molar-refractivity contribution in [1.29, 1.82) is 0 Å². The van der Waals surface area contributed by atoms with Crippen LogP contribution in [0.3, 0.4) is 0 Å². The highest BCUT2D eigenvalue weighted by Crippen LogP contribution is 2.19. The second-order valence-corrected chi connectivity index (χ2v) is 6.92. The predicted molar refractivity (Wildman–Crippen MR) is 86.5 cm³/mol. The monoisotopic (exact) mass is 339 g/mol. The maximum absolute atomic E-state index is 12.3. The first-order chi connectivity index (χ1) is 10.9. The number of likely N-dealkylation sites (tertiary alicyclic amines) is 1. The molecule has 2 N–H and O–H groups in total. The van der Waals surface area contributed by atoms with Crippen molar-refractivity contribution in [1.82, 2.24) is 15.1 Å². The number of nitrogens with zero attached hydrogens (tertiary/aromatic N) is 2. The van der Waals surface area contributed by atoms with Crippen molar-refractivity contribution >= 4 is 29.2 Å². The van der Waals surface area contributed by atoms with Crippen LogP contribution in [-0.4, -0.2) is 60.0 Å². The molecular weight excluding hydrogens is 318 g/mol. The summed E-state index contributed by atoms with van der Waals surface area (Å²) in [5.41, 5.74) is 0. The molecule has 23 heavy (non-hydrogen) atoms. The van der Waals surface area contributed by atoms with Gasteiger partial charge in [0.05, 0.1) is 12.5 Å². The van der Waals surface area contributed by atoms with Crippen LogP contribution in [0, 0.1) is 5.92 Å². The minimum Gasteiger partial charge on any atom is -0.477 e. The number of hydrogen-bond acceptors (Lipinski definition) is 4. The molecule has 0 bridgehead atoms. The van der Waals surface area contributed by atoms with Crippen LogP contribution < -0.4 is 5.32 Å². The summed E-state index contributed by atoms with van der Waals surface area (Å²) in [5.74, 6) is -1.27. The SMILES string of the molecule is CN(C)C(=O)N1CCC[C@@H](C(=O)NCc2ccc(C(=O)O)s2)C1. The van der Waals surface area contributed by atoms with Gasteiger partial charge in [-0.05, 0) is 25.0 Å². The Kier molecular flexibility index (Phi) is 5.59. The average molecular weight is 339 g/mol. The molecule has 0 unspecified atom stereocenters. The number of amides is 3. The fourth-order valence-corrected chi connectivity index (χ4v) is 3.34. The van der Waals surface area contributed by atoms with Gasteiger partial charge < -0.3 is 20.2 Å². The van der Waals surface area contributed by atoms with E-state index in [4.69, 9.17) is 5.11 Å². The Morgan fingerprint density at radius 3 is 2.74 bits per heavy atom. The van der Waals surface area contributed by atoms with E-state index in [1.807, 2.05) is 0 Å². The van der Waals surface area contributed by atoms with Crippen LogP contribution in [0.5, 0.6) is 0 Å². The predicted octanol–water partition coefficient (Wildman–Crippen LogP) is 1.46. The van der Waals surface area contributed by atoms with Crippen molar-refractivity contribution in [2.75, 3.05) is 27.2 Å². The molecule has 2 rings (SSSR count). The summed E-state index contributed by atoms with van der Waals surface area (Å²) in [5, 5.41) is 11.7. The number of carboxylic acids is 1. The lowest BCUT2D eigenvalue weighted by molar-refractivity contribution is -0.126. The molecule has 0 saturated carbocycles. The molecule has 3 amide bonds. The molecule has 1 aliphatic rings. The van der Waals surface area contributed by atoms with Crippen LogP contribution in [0.4, 0.5) is 4.79 Å². The zero-order valence-corrected chi connectivity index (χ0v) is 14.1. The number of thiophene rings is 1. The lowest BCUT2D eigenvalue weighted by Crippen LogP contribution is -2.48. The molecule has 2 heterocycles. The zero-order chi connectivity index (χ0) is 17.0. The largest absolute Gasteiger partial charge is 0.477 e. The van der Waals surface area contributed by atoms with E-state index in [-0.39, 0.29) is 22.7 Å². The molecule has 0 radical (unpaired) electrons. The minimum atomic E-state index is -0.960. The quantitative estimate of drug-likeness (QED) is 0.869. The Balaban J connectivity index is 1.87. The molecule has 0 aliphatic carbocycles. The molecule has 1 aliphatic heterocycles. The molecule has 0 aromatic carbocycles. The fraction of sp³-hybridized carbons (Fsp3) is 0.533. The maximum Gasteiger partial charge on any atom is 0.345 e. The van der Waals surface area contributed by atoms with Gasteiger partial charge in [0.1, 0.15) is 4.88 Å². The van der Waals surface area contributed by atoms with Crippen LogP contribution in [0.15, 0.2) is 12.1 Å². The third-order valence-corrected chi connectivity index (χ3v) is 4.83. The lowest BCUT2D eigenvalue weighted by Gasteiger charge is -2.33. The molecule has 1 fully saturated rings. The molecular formula is C15H21N3O4S. The number of carboxylic acid groups (broad SMARTS) is 1. The summed E-state index contributed by atoms with van der Waals surface area (Å²) in [6.07, 6.45) is 1.56. The molecule has 1 aromatic heterocycles. The van der Waals surface area contributed by atoms with Gasteiger partial charge in [0.15, 0.2) is 0 Å². The van der Waals surface area contributed by atoms with Gasteiger partial charge in [-0.25, -0.2) is 9.59 Å². The highest BCUT2D eigenvalue weighted by Gasteiger charge is 2.29. The van der Waals surface area contributed by atoms with Crippen molar-refractivity contribution in [3.8, 4) is 0 Å². The van der Waals surface area contributed by atoms with Crippen LogP contribution in [0.25, 0.3) is 0 Å². The zero-order valence-electron chi connectivity index (χ0n) is 13.2. The summed E-state index contributed by atoms with van der Waals surface area (Å²) in [6, 6.07) is 3.16. The number of hydrogen-bond donors (Lipinski definition) is 2. The Morgan fingerprint density at radius 2 is 2.13 bits per heavy atom. The smallest absolute Gasteiger partial charge is 0.345 e. The molecule has 0 spiro atoms. The molecule has 1 aromatic rings. The summed E-state index contributed by atoms with van der Waals surface area (Å²) in [4.78, 5) is 39.4. The van der Waals surface area contributed by atoms with Crippen LogP contribution in [0.2, 0.25) is 0 Å². The molecule has 7 nitrogen and oxygen atoms in total. The number of urea groups is 1. The number of carbonyl (C=O) groups excluding carboxylic acids is 2. The van der Waals surface area contributed by atoms with Gasteiger partial charge >= 0.3 is 12.0 Å². The van der Waals surface area contributed by atoms with Crippen molar-refractivity contribution in [3.05, 3.63) is 21.9 Å². The second-order valence-electron chi connectivity index (χ2n) is 5.75. The highest BCUT2D eigenvalue weighted by molar-refractivity contribution is 7.13. The van der Waals surface area contributed by atoms with E-state index >= 15 is 0 Å². The molecule has 126 valence electrons. The first-order valence-corrected chi connectivity index (χ1v) is 8.26. The highest BCUT2D eigenvalue weighted by atomic mass is 32.1. The van der Waals surface area contributed by atoms with Crippen molar-refractivity contribution < 1.29 is 19.5 Å². The molecule has 8 heteroatoms. The van der Waals surface area contributed by atoms with Gasteiger partial charge in [-0.2, -0.15) is 0 Å². The van der Waals surface area contributed by atoms with Gasteiger partial charge in [-0.15, -0.1) is 11.3 Å². The van der Waals surface area contributed by atoms with E-state index in [1.54, 1.807) is 25.1 Å². The second kappa shape index (κ2) is 7.45. The number of carbonyl (C=O) groups is 3. The van der Waals surface area contributed by atoms with Gasteiger partial charge in [-0.1, -0.05) is 0 Å². The van der Waals surface area contributed by atoms with E-state index in [2.05, 4.69) is 5.32 Å². The molecule has 1 atom stereocenters. The Hall–Kier alpha value is -2.09. The fourth-order valence-electron chi connectivity index (χ4n) is 2.55. The first-order valence-electron chi connectivity index (χ1n) is 7.44. The normalized spacial score (nSPS) is 17.7. The standard InChI is InChI=1S/C15H21N3O4S/c1-17(2)15(22)18-7-3-4-10(9-18)13(19)16-8-11-5-6-12(23-11)14(20)21/h5-6,10H,3-4,7-9H2,1-2H3,(H,16,19)(H,20,21)/t10-/m1/s1. The van der Waals surface area contributed by atoms with E-state index < -0.39 is 5.97 Å². The lowest BCUT2D eigenvalue weighted by atomic mass is 9.97. The van der Waals surface area contributed by atoms with Crippen LogP contribution in [0.1, 0.15) is 27.4 Å². The van der Waals surface area contributed by atoms with E-state index in [1.165, 1.54) is 11.0 Å². The van der Waals surface area contributed by atoms with Gasteiger partial charge in [0.25, 0.3) is 0 Å². The van der Waals surface area contributed by atoms with Gasteiger partial charge in [-0.3, -0.25) is 4.79 Å². The van der Waals surface area contributed by atoms with E-state index in [0.717, 1.165) is 29.1 Å². The third-order valence-electron chi connectivity index (χ3n) is 3.75. The van der Waals surface area contributed by atoms with Crippen molar-refractivity contribution in [3.63, 3.8) is 0 Å².